The first-order valence-electron chi connectivity index (χ1n) is 12.2. The van der Waals surface area contributed by atoms with Crippen molar-refractivity contribution in [3.05, 3.63) is 58.1 Å². The summed E-state index contributed by atoms with van der Waals surface area (Å²) in [6, 6.07) is 10.8. The van der Waals surface area contributed by atoms with E-state index < -0.39 is 14.9 Å². The predicted molar refractivity (Wildman–Crippen MR) is 142 cm³/mol. The molecule has 2 fully saturated rings. The van der Waals surface area contributed by atoms with Gasteiger partial charge in [0, 0.05) is 70.1 Å². The smallest absolute Gasteiger partial charge is 0.270 e. The standard InChI is InChI=1S/C24H28N6O5S2/c31-23(18-3-6-20(7-4-18)37(34,35)29-10-1-2-11-29)25-9-12-27-13-15-28(16-14-27)24-26-21-8-5-19(30(32)33)17-22(21)36-24/h3-8,17H,1-2,9-16H2,(H,25,31). The zero-order chi connectivity index (χ0) is 26.0. The van der Waals surface area contributed by atoms with Crippen LogP contribution in [0.5, 0.6) is 0 Å². The van der Waals surface area contributed by atoms with Crippen LogP contribution in [0.4, 0.5) is 10.8 Å². The van der Waals surface area contributed by atoms with E-state index in [1.807, 2.05) is 0 Å². The molecule has 2 saturated heterocycles. The number of nitrogens with zero attached hydrogens (tertiary/aromatic N) is 5. The lowest BCUT2D eigenvalue weighted by molar-refractivity contribution is -0.384. The monoisotopic (exact) mass is 544 g/mol. The van der Waals surface area contributed by atoms with Crippen molar-refractivity contribution >= 4 is 48.3 Å². The van der Waals surface area contributed by atoms with E-state index in [-0.39, 0.29) is 16.5 Å². The number of amides is 1. The third-order valence-corrected chi connectivity index (χ3v) is 9.74. The first kappa shape index (κ1) is 25.5. The number of carbonyl (C=O) groups is 1. The van der Waals surface area contributed by atoms with Gasteiger partial charge in [-0.25, -0.2) is 13.4 Å². The van der Waals surface area contributed by atoms with E-state index >= 15 is 0 Å². The third kappa shape index (κ3) is 5.59. The minimum Gasteiger partial charge on any atom is -0.351 e. The molecule has 2 aromatic carbocycles. The van der Waals surface area contributed by atoms with Gasteiger partial charge in [-0.15, -0.1) is 0 Å². The van der Waals surface area contributed by atoms with Crippen molar-refractivity contribution in [1.29, 1.82) is 0 Å². The summed E-state index contributed by atoms with van der Waals surface area (Å²) in [6.45, 7) is 5.47. The van der Waals surface area contributed by atoms with Gasteiger partial charge in [0.2, 0.25) is 10.0 Å². The molecule has 0 atom stereocenters. The Balaban J connectivity index is 1.08. The molecule has 11 nitrogen and oxygen atoms in total. The number of piperazine rings is 1. The molecule has 13 heteroatoms. The third-order valence-electron chi connectivity index (χ3n) is 6.75. The number of rotatable bonds is 8. The molecule has 1 amide bonds. The Bertz CT molecular complexity index is 1390. The fraction of sp³-hybridized carbons (Fsp3) is 0.417. The molecule has 0 saturated carbocycles. The number of fused-ring (bicyclic) bond motifs is 1. The zero-order valence-corrected chi connectivity index (χ0v) is 21.8. The van der Waals surface area contributed by atoms with Gasteiger partial charge in [0.1, 0.15) is 0 Å². The second kappa shape index (κ2) is 10.7. The normalized spacial score (nSPS) is 17.4. The topological polar surface area (TPSA) is 129 Å². The van der Waals surface area contributed by atoms with Crippen LogP contribution in [-0.2, 0) is 10.0 Å². The first-order valence-corrected chi connectivity index (χ1v) is 14.5. The molecule has 0 radical (unpaired) electrons. The molecule has 3 heterocycles. The Morgan fingerprint density at radius 1 is 1.03 bits per heavy atom. The van der Waals surface area contributed by atoms with Crippen molar-refractivity contribution in [2.24, 2.45) is 0 Å². The van der Waals surface area contributed by atoms with Crippen LogP contribution in [0.25, 0.3) is 10.2 Å². The van der Waals surface area contributed by atoms with Gasteiger partial charge in [-0.3, -0.25) is 19.8 Å². The minimum absolute atomic E-state index is 0.0672. The van der Waals surface area contributed by atoms with Crippen LogP contribution < -0.4 is 10.2 Å². The number of benzene rings is 2. The van der Waals surface area contributed by atoms with E-state index in [0.29, 0.717) is 31.7 Å². The number of non-ortho nitro benzene ring substituents is 1. The Kier molecular flexibility index (Phi) is 7.38. The zero-order valence-electron chi connectivity index (χ0n) is 20.2. The number of aromatic nitrogens is 1. The van der Waals surface area contributed by atoms with E-state index in [1.54, 1.807) is 24.3 Å². The lowest BCUT2D eigenvalue weighted by Crippen LogP contribution is -2.48. The van der Waals surface area contributed by atoms with E-state index in [9.17, 15) is 23.3 Å². The van der Waals surface area contributed by atoms with Crippen LogP contribution in [-0.4, -0.2) is 85.8 Å². The maximum Gasteiger partial charge on any atom is 0.270 e. The Morgan fingerprint density at radius 3 is 2.41 bits per heavy atom. The fourth-order valence-corrected chi connectivity index (χ4v) is 7.17. The van der Waals surface area contributed by atoms with Crippen molar-refractivity contribution in [1.82, 2.24) is 19.5 Å². The van der Waals surface area contributed by atoms with E-state index in [2.05, 4.69) is 20.1 Å². The highest BCUT2D eigenvalue weighted by Gasteiger charge is 2.27. The van der Waals surface area contributed by atoms with Crippen LogP contribution >= 0.6 is 11.3 Å². The molecular formula is C24H28N6O5S2. The van der Waals surface area contributed by atoms with E-state index in [4.69, 9.17) is 0 Å². The van der Waals surface area contributed by atoms with Gasteiger partial charge in [-0.1, -0.05) is 11.3 Å². The highest BCUT2D eigenvalue weighted by Crippen LogP contribution is 2.31. The quantitative estimate of drug-likeness (QED) is 0.338. The average Bonchev–Trinajstić information content (AvgIpc) is 3.59. The van der Waals surface area contributed by atoms with Crippen molar-refractivity contribution in [2.45, 2.75) is 17.7 Å². The highest BCUT2D eigenvalue weighted by molar-refractivity contribution is 7.89. The Morgan fingerprint density at radius 2 is 1.73 bits per heavy atom. The van der Waals surface area contributed by atoms with Crippen molar-refractivity contribution in [3.63, 3.8) is 0 Å². The first-order chi connectivity index (χ1) is 17.8. The molecule has 2 aliphatic rings. The molecule has 1 aromatic heterocycles. The van der Waals surface area contributed by atoms with Gasteiger partial charge in [0.25, 0.3) is 11.6 Å². The Hall–Kier alpha value is -3.13. The summed E-state index contributed by atoms with van der Waals surface area (Å²) in [5.74, 6) is -0.229. The number of sulfonamides is 1. The molecule has 2 aliphatic heterocycles. The second-order valence-corrected chi connectivity index (χ2v) is 12.1. The number of nitro benzene ring substituents is 1. The van der Waals surface area contributed by atoms with Crippen LogP contribution in [0.2, 0.25) is 0 Å². The van der Waals surface area contributed by atoms with E-state index in [1.165, 1.54) is 33.8 Å². The fourth-order valence-electron chi connectivity index (χ4n) is 4.60. The second-order valence-electron chi connectivity index (χ2n) is 9.13. The Labute approximate surface area is 218 Å². The number of carbonyl (C=O) groups excluding carboxylic acids is 1. The summed E-state index contributed by atoms with van der Waals surface area (Å²) >= 11 is 1.46. The molecule has 37 heavy (non-hydrogen) atoms. The summed E-state index contributed by atoms with van der Waals surface area (Å²) < 4.78 is 27.6. The predicted octanol–water partition coefficient (Wildman–Crippen LogP) is 2.54. The lowest BCUT2D eigenvalue weighted by Gasteiger charge is -2.34. The number of anilines is 1. The molecule has 3 aromatic rings. The highest BCUT2D eigenvalue weighted by atomic mass is 32.2. The molecule has 0 spiro atoms. The van der Waals surface area contributed by atoms with Gasteiger partial charge in [-0.2, -0.15) is 4.31 Å². The van der Waals surface area contributed by atoms with E-state index in [0.717, 1.165) is 54.4 Å². The maximum absolute atomic E-state index is 12.6. The molecule has 5 rings (SSSR count). The summed E-state index contributed by atoms with van der Waals surface area (Å²) in [6.07, 6.45) is 1.76. The lowest BCUT2D eigenvalue weighted by atomic mass is 10.2. The van der Waals surface area contributed by atoms with Gasteiger partial charge in [0.15, 0.2) is 5.13 Å². The largest absolute Gasteiger partial charge is 0.351 e. The molecule has 196 valence electrons. The van der Waals surface area contributed by atoms with Gasteiger partial charge in [0.05, 0.1) is 20.0 Å². The SMILES string of the molecule is O=C(NCCN1CCN(c2nc3ccc([N+](=O)[O-])cc3s2)CC1)c1ccc(S(=O)(=O)N2CCCC2)cc1. The summed E-state index contributed by atoms with van der Waals surface area (Å²) in [4.78, 5) is 32.5. The summed E-state index contributed by atoms with van der Waals surface area (Å²) in [5.41, 5.74) is 1.26. The van der Waals surface area contributed by atoms with Gasteiger partial charge >= 0.3 is 0 Å². The number of thiazole rings is 1. The summed E-state index contributed by atoms with van der Waals surface area (Å²) in [7, 11) is -3.49. The van der Waals surface area contributed by atoms with Crippen molar-refractivity contribution in [2.75, 3.05) is 57.3 Å². The van der Waals surface area contributed by atoms with Crippen molar-refractivity contribution in [3.8, 4) is 0 Å². The molecule has 0 aliphatic carbocycles. The minimum atomic E-state index is -3.49. The van der Waals surface area contributed by atoms with Crippen LogP contribution in [0.1, 0.15) is 23.2 Å². The number of nitrogens with one attached hydrogen (secondary N) is 1. The van der Waals surface area contributed by atoms with Crippen molar-refractivity contribution < 1.29 is 18.1 Å². The van der Waals surface area contributed by atoms with Gasteiger partial charge < -0.3 is 10.2 Å². The molecule has 0 bridgehead atoms. The van der Waals surface area contributed by atoms with Crippen LogP contribution in [0.15, 0.2) is 47.4 Å². The molecule has 0 unspecified atom stereocenters. The van der Waals surface area contributed by atoms with Crippen LogP contribution in [0.3, 0.4) is 0 Å². The number of hydrogen-bond acceptors (Lipinski definition) is 9. The summed E-state index contributed by atoms with van der Waals surface area (Å²) in [5, 5.41) is 14.8. The van der Waals surface area contributed by atoms with Crippen LogP contribution in [0, 0.1) is 10.1 Å². The molecular weight excluding hydrogens is 516 g/mol. The maximum atomic E-state index is 12.6. The number of nitro groups is 1. The number of hydrogen-bond donors (Lipinski definition) is 1. The molecule has 1 N–H and O–H groups in total. The average molecular weight is 545 g/mol. The van der Waals surface area contributed by atoms with Gasteiger partial charge in [-0.05, 0) is 43.2 Å².